The Morgan fingerprint density at radius 1 is 1.00 bits per heavy atom. The van der Waals surface area contributed by atoms with E-state index in [0.717, 1.165) is 30.9 Å². The van der Waals surface area contributed by atoms with Crippen molar-refractivity contribution in [1.29, 1.82) is 0 Å². The zero-order chi connectivity index (χ0) is 9.47. The van der Waals surface area contributed by atoms with Crippen molar-refractivity contribution in [3.05, 3.63) is 29.8 Å². The van der Waals surface area contributed by atoms with E-state index in [1.807, 2.05) is 4.90 Å². The standard InChI is InChI=1S/C9H8F3N/c10-9(11,12)7-1-3-8(4-2-7)13-5-6-13/h1-4H,5-6H2. The van der Waals surface area contributed by atoms with E-state index in [2.05, 4.69) is 0 Å². The van der Waals surface area contributed by atoms with Crippen LogP contribution in [0.2, 0.25) is 0 Å². The molecule has 1 aliphatic rings. The first kappa shape index (κ1) is 8.41. The fourth-order valence-electron chi connectivity index (χ4n) is 1.17. The summed E-state index contributed by atoms with van der Waals surface area (Å²) >= 11 is 0. The molecule has 0 spiro atoms. The van der Waals surface area contributed by atoms with Gasteiger partial charge >= 0.3 is 6.18 Å². The predicted molar refractivity (Wildman–Crippen MR) is 43.7 cm³/mol. The Kier molecular flexibility index (Phi) is 1.71. The lowest BCUT2D eigenvalue weighted by molar-refractivity contribution is -0.137. The highest BCUT2D eigenvalue weighted by Crippen LogP contribution is 2.31. The molecular weight excluding hydrogens is 179 g/mol. The van der Waals surface area contributed by atoms with Crippen molar-refractivity contribution in [3.8, 4) is 0 Å². The lowest BCUT2D eigenvalue weighted by atomic mass is 10.2. The van der Waals surface area contributed by atoms with Gasteiger partial charge in [-0.05, 0) is 24.3 Å². The molecule has 0 unspecified atom stereocenters. The molecule has 1 heterocycles. The van der Waals surface area contributed by atoms with Crippen molar-refractivity contribution in [2.45, 2.75) is 6.18 Å². The number of rotatable bonds is 1. The normalized spacial score (nSPS) is 16.1. The van der Waals surface area contributed by atoms with Gasteiger partial charge in [-0.3, -0.25) is 0 Å². The second kappa shape index (κ2) is 2.65. The third-order valence-corrected chi connectivity index (χ3v) is 2.01. The molecule has 1 aromatic rings. The molecule has 0 saturated carbocycles. The molecular formula is C9H8F3N. The highest BCUT2D eigenvalue weighted by Gasteiger charge is 2.30. The monoisotopic (exact) mass is 187 g/mol. The highest BCUT2D eigenvalue weighted by molar-refractivity contribution is 5.52. The Morgan fingerprint density at radius 3 is 1.92 bits per heavy atom. The molecule has 0 aromatic heterocycles. The smallest absolute Gasteiger partial charge is 0.368 e. The largest absolute Gasteiger partial charge is 0.416 e. The summed E-state index contributed by atoms with van der Waals surface area (Å²) in [5.74, 6) is 0. The predicted octanol–water partition coefficient (Wildman–Crippen LogP) is 2.53. The lowest BCUT2D eigenvalue weighted by Gasteiger charge is -2.07. The van der Waals surface area contributed by atoms with Crippen molar-refractivity contribution in [2.75, 3.05) is 18.0 Å². The first-order valence-corrected chi connectivity index (χ1v) is 3.99. The topological polar surface area (TPSA) is 3.01 Å². The van der Waals surface area contributed by atoms with Gasteiger partial charge in [-0.1, -0.05) is 0 Å². The summed E-state index contributed by atoms with van der Waals surface area (Å²) in [6.07, 6.45) is -4.22. The molecule has 13 heavy (non-hydrogen) atoms. The van der Waals surface area contributed by atoms with Crippen LogP contribution in [-0.2, 0) is 6.18 Å². The molecule has 1 nitrogen and oxygen atoms in total. The minimum absolute atomic E-state index is 0.585. The maximum absolute atomic E-state index is 12.1. The van der Waals surface area contributed by atoms with E-state index in [1.54, 1.807) is 0 Å². The van der Waals surface area contributed by atoms with Gasteiger partial charge in [-0.2, -0.15) is 13.2 Å². The van der Waals surface area contributed by atoms with Crippen LogP contribution < -0.4 is 4.90 Å². The number of anilines is 1. The van der Waals surface area contributed by atoms with Gasteiger partial charge in [0.05, 0.1) is 5.56 Å². The molecule has 2 rings (SSSR count). The molecule has 0 aliphatic carbocycles. The first-order valence-electron chi connectivity index (χ1n) is 3.99. The first-order chi connectivity index (χ1) is 6.07. The Hall–Kier alpha value is -1.19. The van der Waals surface area contributed by atoms with E-state index in [-0.39, 0.29) is 0 Å². The zero-order valence-electron chi connectivity index (χ0n) is 6.80. The summed E-state index contributed by atoms with van der Waals surface area (Å²) in [6, 6.07) is 5.26. The summed E-state index contributed by atoms with van der Waals surface area (Å²) in [6.45, 7) is 1.90. The summed E-state index contributed by atoms with van der Waals surface area (Å²) in [5, 5.41) is 0. The molecule has 0 N–H and O–H groups in total. The number of alkyl halides is 3. The summed E-state index contributed by atoms with van der Waals surface area (Å²) < 4.78 is 36.4. The molecule has 0 radical (unpaired) electrons. The van der Waals surface area contributed by atoms with Crippen LogP contribution in [0, 0.1) is 0 Å². The van der Waals surface area contributed by atoms with Gasteiger partial charge in [0, 0.05) is 18.8 Å². The van der Waals surface area contributed by atoms with E-state index in [4.69, 9.17) is 0 Å². The van der Waals surface area contributed by atoms with E-state index >= 15 is 0 Å². The van der Waals surface area contributed by atoms with Crippen LogP contribution >= 0.6 is 0 Å². The average Bonchev–Trinajstić information content (AvgIpc) is 2.85. The summed E-state index contributed by atoms with van der Waals surface area (Å²) in [4.78, 5) is 2.00. The minimum Gasteiger partial charge on any atom is -0.368 e. The van der Waals surface area contributed by atoms with Crippen LogP contribution in [-0.4, -0.2) is 13.1 Å². The lowest BCUT2D eigenvalue weighted by Crippen LogP contribution is -2.04. The van der Waals surface area contributed by atoms with E-state index < -0.39 is 11.7 Å². The van der Waals surface area contributed by atoms with Gasteiger partial charge < -0.3 is 4.90 Å². The Balaban J connectivity index is 2.22. The summed E-state index contributed by atoms with van der Waals surface area (Å²) in [7, 11) is 0. The van der Waals surface area contributed by atoms with E-state index in [0.29, 0.717) is 0 Å². The molecule has 1 fully saturated rings. The number of halogens is 3. The quantitative estimate of drug-likeness (QED) is 0.610. The summed E-state index contributed by atoms with van der Waals surface area (Å²) in [5.41, 5.74) is 0.283. The van der Waals surface area contributed by atoms with Crippen LogP contribution in [0.25, 0.3) is 0 Å². The van der Waals surface area contributed by atoms with Crippen LogP contribution in [0.15, 0.2) is 24.3 Å². The minimum atomic E-state index is -4.22. The zero-order valence-corrected chi connectivity index (χ0v) is 6.80. The highest BCUT2D eigenvalue weighted by atomic mass is 19.4. The second-order valence-electron chi connectivity index (χ2n) is 3.03. The maximum Gasteiger partial charge on any atom is 0.416 e. The van der Waals surface area contributed by atoms with Crippen LogP contribution in [0.3, 0.4) is 0 Å². The van der Waals surface area contributed by atoms with Crippen molar-refractivity contribution in [3.63, 3.8) is 0 Å². The van der Waals surface area contributed by atoms with Crippen LogP contribution in [0.1, 0.15) is 5.56 Å². The van der Waals surface area contributed by atoms with Gasteiger partial charge in [-0.25, -0.2) is 0 Å². The number of hydrogen-bond donors (Lipinski definition) is 0. The fourth-order valence-corrected chi connectivity index (χ4v) is 1.17. The number of hydrogen-bond acceptors (Lipinski definition) is 1. The second-order valence-corrected chi connectivity index (χ2v) is 3.03. The SMILES string of the molecule is FC(F)(F)c1ccc(N2CC2)cc1. The van der Waals surface area contributed by atoms with Gasteiger partial charge in [0.25, 0.3) is 0 Å². The molecule has 4 heteroatoms. The third kappa shape index (κ3) is 1.76. The molecule has 1 aromatic carbocycles. The van der Waals surface area contributed by atoms with Crippen molar-refractivity contribution in [2.24, 2.45) is 0 Å². The molecule has 1 aliphatic heterocycles. The fraction of sp³-hybridized carbons (Fsp3) is 0.333. The van der Waals surface area contributed by atoms with Crippen molar-refractivity contribution in [1.82, 2.24) is 0 Å². The van der Waals surface area contributed by atoms with E-state index in [9.17, 15) is 13.2 Å². The van der Waals surface area contributed by atoms with Crippen molar-refractivity contribution >= 4 is 5.69 Å². The van der Waals surface area contributed by atoms with Gasteiger partial charge in [0.15, 0.2) is 0 Å². The van der Waals surface area contributed by atoms with E-state index in [1.165, 1.54) is 12.1 Å². The van der Waals surface area contributed by atoms with Crippen LogP contribution in [0.4, 0.5) is 18.9 Å². The van der Waals surface area contributed by atoms with Gasteiger partial charge in [-0.15, -0.1) is 0 Å². The van der Waals surface area contributed by atoms with Crippen molar-refractivity contribution < 1.29 is 13.2 Å². The van der Waals surface area contributed by atoms with Crippen LogP contribution in [0.5, 0.6) is 0 Å². The molecule has 1 saturated heterocycles. The Bertz CT molecular complexity index is 298. The Labute approximate surface area is 73.8 Å². The molecule has 70 valence electrons. The number of nitrogens with zero attached hydrogens (tertiary/aromatic N) is 1. The molecule has 0 bridgehead atoms. The third-order valence-electron chi connectivity index (χ3n) is 2.01. The Morgan fingerprint density at radius 2 is 1.54 bits per heavy atom. The molecule has 0 amide bonds. The van der Waals surface area contributed by atoms with Gasteiger partial charge in [0.1, 0.15) is 0 Å². The number of benzene rings is 1. The maximum atomic E-state index is 12.1. The molecule has 0 atom stereocenters. The van der Waals surface area contributed by atoms with Gasteiger partial charge in [0.2, 0.25) is 0 Å². The average molecular weight is 187 g/mol.